The molecule has 4 unspecified atom stereocenters. The Bertz CT molecular complexity index is 1560. The van der Waals surface area contributed by atoms with Gasteiger partial charge < -0.3 is 10.0 Å². The molecule has 2 aliphatic rings. The highest BCUT2D eigenvalue weighted by Crippen LogP contribution is 2.54. The number of hydrogen-bond acceptors (Lipinski definition) is 4. The van der Waals surface area contributed by atoms with E-state index < -0.39 is 51.5 Å². The van der Waals surface area contributed by atoms with Crippen molar-refractivity contribution in [3.05, 3.63) is 99.8 Å². The van der Waals surface area contributed by atoms with Gasteiger partial charge in [-0.2, -0.15) is 0 Å². The Labute approximate surface area is 249 Å². The first-order chi connectivity index (χ1) is 19.4. The zero-order chi connectivity index (χ0) is 29.5. The van der Waals surface area contributed by atoms with Gasteiger partial charge in [0.25, 0.3) is 0 Å². The summed E-state index contributed by atoms with van der Waals surface area (Å²) in [7, 11) is -3.93. The number of nitrogens with zero attached hydrogens (tertiary/aromatic N) is 1. The van der Waals surface area contributed by atoms with E-state index in [4.69, 9.17) is 23.2 Å². The van der Waals surface area contributed by atoms with Crippen molar-refractivity contribution in [1.29, 1.82) is 0 Å². The molecule has 0 spiro atoms. The van der Waals surface area contributed by atoms with Crippen molar-refractivity contribution in [2.24, 2.45) is 11.3 Å². The fraction of sp³-hybridized carbons (Fsp3) is 0.355. The molecule has 2 fully saturated rings. The van der Waals surface area contributed by atoms with Crippen LogP contribution in [0.1, 0.15) is 55.7 Å². The Balaban J connectivity index is 1.68. The second-order valence-electron chi connectivity index (χ2n) is 11.3. The molecule has 1 saturated heterocycles. The number of sulfone groups is 1. The van der Waals surface area contributed by atoms with Crippen molar-refractivity contribution in [3.8, 4) is 0 Å². The minimum Gasteiger partial charge on any atom is -0.481 e. The maximum atomic E-state index is 14.5. The molecule has 216 valence electrons. The van der Waals surface area contributed by atoms with Crippen LogP contribution in [0.2, 0.25) is 10.0 Å². The third-order valence-corrected chi connectivity index (χ3v) is 10.5. The van der Waals surface area contributed by atoms with Gasteiger partial charge in [-0.3, -0.25) is 9.59 Å². The lowest BCUT2D eigenvalue weighted by atomic mass is 9.67. The quantitative estimate of drug-likeness (QED) is 0.263. The number of carboxylic acids is 1. The lowest BCUT2D eigenvalue weighted by Crippen LogP contribution is -2.58. The van der Waals surface area contributed by atoms with Gasteiger partial charge in [0.1, 0.15) is 5.82 Å². The Morgan fingerprint density at radius 3 is 2.27 bits per heavy atom. The molecular formula is C31H30Cl2FNO5S. The molecule has 6 nitrogen and oxygen atoms in total. The number of rotatable bonds is 9. The molecule has 10 heteroatoms. The van der Waals surface area contributed by atoms with Crippen LogP contribution in [0.15, 0.2) is 77.7 Å². The molecule has 1 heterocycles. The van der Waals surface area contributed by atoms with Gasteiger partial charge in [-0.05, 0) is 84.8 Å². The van der Waals surface area contributed by atoms with Gasteiger partial charge in [-0.15, -0.1) is 0 Å². The number of halogens is 3. The number of carboxylic acid groups (broad SMARTS) is 1. The second-order valence-corrected chi connectivity index (χ2v) is 14.3. The summed E-state index contributed by atoms with van der Waals surface area (Å²) < 4.78 is 40.9. The zero-order valence-electron chi connectivity index (χ0n) is 22.3. The van der Waals surface area contributed by atoms with Gasteiger partial charge >= 0.3 is 5.97 Å². The van der Waals surface area contributed by atoms with Crippen LogP contribution in [0.3, 0.4) is 0 Å². The molecule has 1 amide bonds. The Kier molecular flexibility index (Phi) is 8.21. The molecule has 1 aliphatic heterocycles. The summed E-state index contributed by atoms with van der Waals surface area (Å²) in [6.45, 7) is 1.64. The summed E-state index contributed by atoms with van der Waals surface area (Å²) in [4.78, 5) is 28.1. The first kappa shape index (κ1) is 29.5. The predicted octanol–water partition coefficient (Wildman–Crippen LogP) is 6.92. The minimum absolute atomic E-state index is 0.0308. The fourth-order valence-corrected chi connectivity index (χ4v) is 8.08. The number of amides is 1. The van der Waals surface area contributed by atoms with Gasteiger partial charge in [0, 0.05) is 22.0 Å². The van der Waals surface area contributed by atoms with E-state index in [-0.39, 0.29) is 28.9 Å². The number of carbonyl (C=O) groups excluding carboxylic acids is 1. The average Bonchev–Trinajstić information content (AvgIpc) is 3.75. The Hall–Kier alpha value is -2.94. The summed E-state index contributed by atoms with van der Waals surface area (Å²) in [5.41, 5.74) is 0.284. The van der Waals surface area contributed by atoms with Crippen molar-refractivity contribution >= 4 is 44.9 Å². The number of piperidine rings is 1. The summed E-state index contributed by atoms with van der Waals surface area (Å²) in [5, 5.41) is 10.8. The fourth-order valence-electron chi connectivity index (χ4n) is 6.13. The van der Waals surface area contributed by atoms with Gasteiger partial charge in [0.2, 0.25) is 5.91 Å². The lowest BCUT2D eigenvalue weighted by Gasteiger charge is -2.52. The average molecular weight is 619 g/mol. The normalized spacial score (nSPS) is 23.8. The molecule has 5 rings (SSSR count). The SMILES string of the molecule is CC1(CC(=O)O)CC(c2cccc(Cl)c2)C(c2ccc(Cl)cc2)N(C(CS(=O)(=O)c2ccc(F)cc2)C2CC2)C1=O. The Morgan fingerprint density at radius 2 is 1.68 bits per heavy atom. The monoisotopic (exact) mass is 617 g/mol. The molecule has 1 aliphatic carbocycles. The number of likely N-dealkylation sites (tertiary alicyclic amines) is 1. The van der Waals surface area contributed by atoms with Crippen LogP contribution in [0.5, 0.6) is 0 Å². The smallest absolute Gasteiger partial charge is 0.304 e. The van der Waals surface area contributed by atoms with Crippen molar-refractivity contribution < 1.29 is 27.5 Å². The highest BCUT2D eigenvalue weighted by molar-refractivity contribution is 7.91. The van der Waals surface area contributed by atoms with Crippen LogP contribution >= 0.6 is 23.2 Å². The van der Waals surface area contributed by atoms with E-state index >= 15 is 0 Å². The van der Waals surface area contributed by atoms with Crippen LogP contribution in [0.25, 0.3) is 0 Å². The molecule has 0 bridgehead atoms. The largest absolute Gasteiger partial charge is 0.481 e. The molecule has 4 atom stereocenters. The third kappa shape index (κ3) is 6.30. The van der Waals surface area contributed by atoms with Gasteiger partial charge in [-0.25, -0.2) is 12.8 Å². The molecule has 3 aromatic carbocycles. The first-order valence-electron chi connectivity index (χ1n) is 13.4. The van der Waals surface area contributed by atoms with Crippen molar-refractivity contribution in [1.82, 2.24) is 4.90 Å². The van der Waals surface area contributed by atoms with E-state index in [2.05, 4.69) is 0 Å². The highest BCUT2D eigenvalue weighted by Gasteiger charge is 2.55. The van der Waals surface area contributed by atoms with Crippen LogP contribution in [-0.2, 0) is 19.4 Å². The summed E-state index contributed by atoms with van der Waals surface area (Å²) >= 11 is 12.6. The van der Waals surface area contributed by atoms with Crippen LogP contribution in [0, 0.1) is 17.2 Å². The van der Waals surface area contributed by atoms with E-state index in [1.165, 1.54) is 12.1 Å². The van der Waals surface area contributed by atoms with Gasteiger partial charge in [0.05, 0.1) is 28.5 Å². The number of benzene rings is 3. The first-order valence-corrected chi connectivity index (χ1v) is 15.8. The summed E-state index contributed by atoms with van der Waals surface area (Å²) in [5.74, 6) is -2.90. The lowest BCUT2D eigenvalue weighted by molar-refractivity contribution is -0.160. The third-order valence-electron chi connectivity index (χ3n) is 8.22. The van der Waals surface area contributed by atoms with E-state index in [9.17, 15) is 27.5 Å². The predicted molar refractivity (Wildman–Crippen MR) is 155 cm³/mol. The van der Waals surface area contributed by atoms with Crippen LogP contribution < -0.4 is 0 Å². The zero-order valence-corrected chi connectivity index (χ0v) is 24.7. The molecule has 3 aromatic rings. The van der Waals surface area contributed by atoms with E-state index in [0.29, 0.717) is 10.0 Å². The second kappa shape index (κ2) is 11.4. The number of hydrogen-bond donors (Lipinski definition) is 1. The summed E-state index contributed by atoms with van der Waals surface area (Å²) in [6, 6.07) is 17.7. The molecule has 41 heavy (non-hydrogen) atoms. The molecule has 1 N–H and O–H groups in total. The van der Waals surface area contributed by atoms with Gasteiger partial charge in [0.15, 0.2) is 9.84 Å². The van der Waals surface area contributed by atoms with Crippen molar-refractivity contribution in [3.63, 3.8) is 0 Å². The van der Waals surface area contributed by atoms with E-state index in [0.717, 1.165) is 36.1 Å². The summed E-state index contributed by atoms with van der Waals surface area (Å²) in [6.07, 6.45) is 1.29. The van der Waals surface area contributed by atoms with Crippen LogP contribution in [0.4, 0.5) is 4.39 Å². The maximum Gasteiger partial charge on any atom is 0.304 e. The van der Waals surface area contributed by atoms with E-state index in [1.54, 1.807) is 30.0 Å². The molecular weight excluding hydrogens is 588 g/mol. The van der Waals surface area contributed by atoms with Crippen LogP contribution in [-0.4, -0.2) is 42.1 Å². The molecule has 0 radical (unpaired) electrons. The number of aliphatic carboxylic acids is 1. The molecule has 1 saturated carbocycles. The highest BCUT2D eigenvalue weighted by atomic mass is 35.5. The van der Waals surface area contributed by atoms with Gasteiger partial charge in [-0.1, -0.05) is 54.4 Å². The molecule has 0 aromatic heterocycles. The van der Waals surface area contributed by atoms with Crippen molar-refractivity contribution in [2.75, 3.05) is 5.75 Å². The van der Waals surface area contributed by atoms with Crippen molar-refractivity contribution in [2.45, 2.75) is 55.5 Å². The Morgan fingerprint density at radius 1 is 1.02 bits per heavy atom. The maximum absolute atomic E-state index is 14.5. The topological polar surface area (TPSA) is 91.8 Å². The minimum atomic E-state index is -3.93. The number of carbonyl (C=O) groups is 2. The van der Waals surface area contributed by atoms with E-state index in [1.807, 2.05) is 30.3 Å². The standard InChI is InChI=1S/C31H30Cl2FNO5S/c1-31(17-28(36)37)16-26(21-3-2-4-23(33)15-21)29(20-7-9-22(32)10-8-20)35(30(31)38)27(19-5-6-19)18-41(39,40)25-13-11-24(34)12-14-25/h2-4,7-15,19,26-27,29H,5-6,16-18H2,1H3,(H,36,37).